The third-order valence-corrected chi connectivity index (χ3v) is 3.97. The van der Waals surface area contributed by atoms with Crippen LogP contribution in [-0.2, 0) is 6.42 Å². The summed E-state index contributed by atoms with van der Waals surface area (Å²) in [5.41, 5.74) is 4.59. The molecule has 0 aliphatic carbocycles. The Kier molecular flexibility index (Phi) is 3.80. The van der Waals surface area contributed by atoms with Crippen LogP contribution in [0.15, 0.2) is 52.9 Å². The van der Waals surface area contributed by atoms with Gasteiger partial charge in [-0.3, -0.25) is 0 Å². The van der Waals surface area contributed by atoms with E-state index >= 15 is 0 Å². The van der Waals surface area contributed by atoms with Crippen LogP contribution in [0.4, 0.5) is 0 Å². The first kappa shape index (κ1) is 13.9. The van der Waals surface area contributed by atoms with Gasteiger partial charge in [-0.1, -0.05) is 35.9 Å². The summed E-state index contributed by atoms with van der Waals surface area (Å²) in [6, 6.07) is 16.3. The van der Waals surface area contributed by atoms with E-state index in [1.807, 2.05) is 30.3 Å². The predicted molar refractivity (Wildman–Crippen MR) is 85.4 cm³/mol. The Labute approximate surface area is 125 Å². The highest BCUT2D eigenvalue weighted by Crippen LogP contribution is 2.27. The molecular formula is C19H20O2. The standard InChI is InChI=1S/C19H20O2/c1-13-7-10-18-16(11-13)12-19(21-18)17(20)9-8-15-6-4-3-5-14(15)2/h3-7,10-12,17,20H,8-9H2,1-2H3. The average molecular weight is 280 g/mol. The Hall–Kier alpha value is -2.06. The number of aliphatic hydroxyl groups is 1. The molecule has 1 heterocycles. The number of hydrogen-bond donors (Lipinski definition) is 1. The Morgan fingerprint density at radius 3 is 2.67 bits per heavy atom. The van der Waals surface area contributed by atoms with Gasteiger partial charge in [0.2, 0.25) is 0 Å². The Balaban J connectivity index is 1.75. The van der Waals surface area contributed by atoms with Crippen molar-refractivity contribution in [2.75, 3.05) is 0 Å². The Morgan fingerprint density at radius 2 is 1.86 bits per heavy atom. The molecule has 3 aromatic rings. The largest absolute Gasteiger partial charge is 0.458 e. The molecule has 108 valence electrons. The van der Waals surface area contributed by atoms with Gasteiger partial charge < -0.3 is 9.52 Å². The SMILES string of the molecule is Cc1ccc2oc(C(O)CCc3ccccc3C)cc2c1. The maximum Gasteiger partial charge on any atom is 0.134 e. The van der Waals surface area contributed by atoms with E-state index in [9.17, 15) is 5.11 Å². The molecule has 0 amide bonds. The van der Waals surface area contributed by atoms with Gasteiger partial charge in [-0.25, -0.2) is 0 Å². The lowest BCUT2D eigenvalue weighted by Gasteiger charge is -2.09. The number of rotatable bonds is 4. The first-order valence-corrected chi connectivity index (χ1v) is 7.36. The smallest absolute Gasteiger partial charge is 0.134 e. The number of hydrogen-bond acceptors (Lipinski definition) is 2. The molecule has 3 rings (SSSR count). The van der Waals surface area contributed by atoms with E-state index in [4.69, 9.17) is 4.42 Å². The third kappa shape index (κ3) is 3.01. The highest BCUT2D eigenvalue weighted by Gasteiger charge is 2.14. The van der Waals surface area contributed by atoms with Gasteiger partial charge in [0.05, 0.1) is 0 Å². The second-order valence-corrected chi connectivity index (χ2v) is 5.67. The first-order chi connectivity index (χ1) is 10.1. The number of benzene rings is 2. The predicted octanol–water partition coefficient (Wildman–Crippen LogP) is 4.72. The number of furan rings is 1. The van der Waals surface area contributed by atoms with Crippen LogP contribution in [0, 0.1) is 13.8 Å². The highest BCUT2D eigenvalue weighted by atomic mass is 16.4. The van der Waals surface area contributed by atoms with Crippen molar-refractivity contribution in [2.45, 2.75) is 32.8 Å². The maximum absolute atomic E-state index is 10.3. The lowest BCUT2D eigenvalue weighted by atomic mass is 10.0. The molecule has 1 unspecified atom stereocenters. The van der Waals surface area contributed by atoms with Crippen molar-refractivity contribution in [3.63, 3.8) is 0 Å². The molecule has 21 heavy (non-hydrogen) atoms. The van der Waals surface area contributed by atoms with Gasteiger partial charge in [0.1, 0.15) is 17.4 Å². The van der Waals surface area contributed by atoms with E-state index in [2.05, 4.69) is 32.0 Å². The van der Waals surface area contributed by atoms with Crippen LogP contribution in [0.5, 0.6) is 0 Å². The summed E-state index contributed by atoms with van der Waals surface area (Å²) in [4.78, 5) is 0. The van der Waals surface area contributed by atoms with Crippen LogP contribution >= 0.6 is 0 Å². The second kappa shape index (κ2) is 5.74. The molecule has 0 aliphatic heterocycles. The minimum Gasteiger partial charge on any atom is -0.458 e. The summed E-state index contributed by atoms with van der Waals surface area (Å²) in [6.07, 6.45) is 0.963. The van der Waals surface area contributed by atoms with Crippen molar-refractivity contribution in [2.24, 2.45) is 0 Å². The fraction of sp³-hybridized carbons (Fsp3) is 0.263. The number of aryl methyl sites for hydroxylation is 3. The van der Waals surface area contributed by atoms with E-state index in [0.29, 0.717) is 12.2 Å². The Bertz CT molecular complexity index is 755. The minimum atomic E-state index is -0.558. The quantitative estimate of drug-likeness (QED) is 0.750. The van der Waals surface area contributed by atoms with Crippen LogP contribution in [-0.4, -0.2) is 5.11 Å². The molecule has 1 aromatic heterocycles. The van der Waals surface area contributed by atoms with Crippen LogP contribution in [0.2, 0.25) is 0 Å². The summed E-state index contributed by atoms with van der Waals surface area (Å²) in [5, 5.41) is 11.4. The van der Waals surface area contributed by atoms with Crippen LogP contribution in [0.25, 0.3) is 11.0 Å². The van der Waals surface area contributed by atoms with Crippen LogP contribution in [0.3, 0.4) is 0 Å². The van der Waals surface area contributed by atoms with Crippen LogP contribution < -0.4 is 0 Å². The first-order valence-electron chi connectivity index (χ1n) is 7.36. The molecule has 1 N–H and O–H groups in total. The van der Waals surface area contributed by atoms with Gasteiger partial charge in [-0.2, -0.15) is 0 Å². The lowest BCUT2D eigenvalue weighted by Crippen LogP contribution is -1.99. The van der Waals surface area contributed by atoms with Crippen molar-refractivity contribution in [3.8, 4) is 0 Å². The molecular weight excluding hydrogens is 260 g/mol. The second-order valence-electron chi connectivity index (χ2n) is 5.67. The molecule has 0 saturated carbocycles. The van der Waals surface area contributed by atoms with Gasteiger partial charge in [0, 0.05) is 5.39 Å². The average Bonchev–Trinajstić information content (AvgIpc) is 2.89. The van der Waals surface area contributed by atoms with Gasteiger partial charge in [0.25, 0.3) is 0 Å². The minimum absolute atomic E-state index is 0.558. The summed E-state index contributed by atoms with van der Waals surface area (Å²) < 4.78 is 5.75. The lowest BCUT2D eigenvalue weighted by molar-refractivity contribution is 0.143. The summed E-state index contributed by atoms with van der Waals surface area (Å²) in [5.74, 6) is 0.657. The number of aliphatic hydroxyl groups excluding tert-OH is 1. The molecule has 2 nitrogen and oxygen atoms in total. The van der Waals surface area contributed by atoms with E-state index in [1.54, 1.807) is 0 Å². The molecule has 0 spiro atoms. The van der Waals surface area contributed by atoms with Crippen molar-refractivity contribution in [1.29, 1.82) is 0 Å². The summed E-state index contributed by atoms with van der Waals surface area (Å²) >= 11 is 0. The zero-order valence-corrected chi connectivity index (χ0v) is 12.5. The molecule has 0 bridgehead atoms. The molecule has 2 heteroatoms. The van der Waals surface area contributed by atoms with Crippen molar-refractivity contribution < 1.29 is 9.52 Å². The van der Waals surface area contributed by atoms with E-state index in [-0.39, 0.29) is 0 Å². The monoisotopic (exact) mass is 280 g/mol. The van der Waals surface area contributed by atoms with E-state index in [1.165, 1.54) is 16.7 Å². The summed E-state index contributed by atoms with van der Waals surface area (Å²) in [7, 11) is 0. The zero-order chi connectivity index (χ0) is 14.8. The molecule has 0 saturated heterocycles. The van der Waals surface area contributed by atoms with Crippen LogP contribution in [0.1, 0.15) is 35.0 Å². The molecule has 2 aromatic carbocycles. The third-order valence-electron chi connectivity index (χ3n) is 3.97. The molecule has 1 atom stereocenters. The van der Waals surface area contributed by atoms with Crippen molar-refractivity contribution in [3.05, 3.63) is 71.0 Å². The van der Waals surface area contributed by atoms with Gasteiger partial charge in [-0.15, -0.1) is 0 Å². The maximum atomic E-state index is 10.3. The molecule has 0 radical (unpaired) electrons. The van der Waals surface area contributed by atoms with E-state index < -0.39 is 6.10 Å². The number of fused-ring (bicyclic) bond motifs is 1. The fourth-order valence-electron chi connectivity index (χ4n) is 2.67. The topological polar surface area (TPSA) is 33.4 Å². The summed E-state index contributed by atoms with van der Waals surface area (Å²) in [6.45, 7) is 4.16. The van der Waals surface area contributed by atoms with Gasteiger partial charge >= 0.3 is 0 Å². The van der Waals surface area contributed by atoms with Gasteiger partial charge in [-0.05, 0) is 56.0 Å². The van der Waals surface area contributed by atoms with E-state index in [0.717, 1.165) is 17.4 Å². The molecule has 0 fully saturated rings. The molecule has 0 aliphatic rings. The van der Waals surface area contributed by atoms with Gasteiger partial charge in [0.15, 0.2) is 0 Å². The zero-order valence-electron chi connectivity index (χ0n) is 12.5. The fourth-order valence-corrected chi connectivity index (χ4v) is 2.67. The van der Waals surface area contributed by atoms with Crippen molar-refractivity contribution >= 4 is 11.0 Å². The normalized spacial score (nSPS) is 12.7. The van der Waals surface area contributed by atoms with Crippen molar-refractivity contribution in [1.82, 2.24) is 0 Å². The highest BCUT2D eigenvalue weighted by molar-refractivity contribution is 5.78. The Morgan fingerprint density at radius 1 is 1.05 bits per heavy atom.